The Bertz CT molecular complexity index is 2000. The summed E-state index contributed by atoms with van der Waals surface area (Å²) in [7, 11) is 4.18. The van der Waals surface area contributed by atoms with Crippen molar-refractivity contribution in [3.8, 4) is 0 Å². The van der Waals surface area contributed by atoms with Crippen LogP contribution in [-0.2, 0) is 17.8 Å². The van der Waals surface area contributed by atoms with Crippen LogP contribution in [0.1, 0.15) is 33.6 Å². The first kappa shape index (κ1) is 27.2. The number of imide groups is 1. The van der Waals surface area contributed by atoms with E-state index >= 15 is 0 Å². The molecule has 0 aliphatic carbocycles. The van der Waals surface area contributed by atoms with Crippen molar-refractivity contribution in [2.45, 2.75) is 32.0 Å². The first-order valence-electron chi connectivity index (χ1n) is 15.6. The minimum Gasteiger partial charge on any atom is -0.444 e. The third kappa shape index (κ3) is 4.11. The van der Waals surface area contributed by atoms with Crippen LogP contribution < -0.4 is 5.32 Å². The number of ether oxygens (including phenoxy) is 1. The topological polar surface area (TPSA) is 92.0 Å². The number of hydrogen-bond donors (Lipinski definition) is 1. The first-order valence-corrected chi connectivity index (χ1v) is 15.6. The minimum atomic E-state index is -0.368. The lowest BCUT2D eigenvalue weighted by molar-refractivity contribution is 0.0359. The van der Waals surface area contributed by atoms with Gasteiger partial charge >= 0.3 is 6.09 Å². The fourth-order valence-electron chi connectivity index (χ4n) is 7.61. The zero-order valence-corrected chi connectivity index (χ0v) is 25.1. The van der Waals surface area contributed by atoms with Crippen molar-refractivity contribution < 1.29 is 19.1 Å². The van der Waals surface area contributed by atoms with E-state index in [9.17, 15) is 14.4 Å². The van der Waals surface area contributed by atoms with Crippen LogP contribution in [-0.4, -0.2) is 101 Å². The Balaban J connectivity index is 1.19. The van der Waals surface area contributed by atoms with Gasteiger partial charge in [0, 0.05) is 71.7 Å². The highest BCUT2D eigenvalue weighted by atomic mass is 16.6. The number of amides is 3. The molecule has 3 aliphatic heterocycles. The van der Waals surface area contributed by atoms with Crippen molar-refractivity contribution in [3.05, 3.63) is 59.7 Å². The maximum absolute atomic E-state index is 13.5. The van der Waals surface area contributed by atoms with Gasteiger partial charge in [-0.2, -0.15) is 0 Å². The van der Waals surface area contributed by atoms with Gasteiger partial charge in [-0.05, 0) is 45.7 Å². The molecule has 10 nitrogen and oxygen atoms in total. The standard InChI is InChI=1S/C34H36N6O4/c1-36(2)13-7-14-37-16-18-38(19-17-37)34(43)44-21-12-15-39-24-10-5-3-8-22(24)26-28-29(33(42)35-32(28)41)27-23-9-4-6-11-25(23)40(20-21)31(27)30(26)39/h3-6,8-11,21H,7,12-20H2,1-2H3,(H,35,41,42). The Morgan fingerprint density at radius 2 is 1.43 bits per heavy atom. The maximum Gasteiger partial charge on any atom is 0.410 e. The van der Waals surface area contributed by atoms with Crippen LogP contribution in [0, 0.1) is 0 Å². The molecule has 1 N–H and O–H groups in total. The third-order valence-electron chi connectivity index (χ3n) is 9.64. The van der Waals surface area contributed by atoms with Crippen LogP contribution in [0.2, 0.25) is 0 Å². The van der Waals surface area contributed by atoms with E-state index in [-0.39, 0.29) is 24.0 Å². The van der Waals surface area contributed by atoms with Gasteiger partial charge in [0.1, 0.15) is 6.10 Å². The minimum absolute atomic E-state index is 0.266. The lowest BCUT2D eigenvalue weighted by Crippen LogP contribution is -2.50. The number of carbonyl (C=O) groups excluding carboxylic acids is 3. The number of carbonyl (C=O) groups is 3. The Labute approximate surface area is 254 Å². The zero-order valence-electron chi connectivity index (χ0n) is 25.1. The Morgan fingerprint density at radius 3 is 2.07 bits per heavy atom. The molecule has 1 fully saturated rings. The largest absolute Gasteiger partial charge is 0.444 e. The van der Waals surface area contributed by atoms with E-state index in [4.69, 9.17) is 4.74 Å². The van der Waals surface area contributed by atoms with Gasteiger partial charge in [-0.3, -0.25) is 19.8 Å². The summed E-state index contributed by atoms with van der Waals surface area (Å²) in [5, 5.41) is 6.04. The second-order valence-electron chi connectivity index (χ2n) is 12.6. The molecule has 10 heteroatoms. The molecule has 3 amide bonds. The number of benzene rings is 3. The van der Waals surface area contributed by atoms with Gasteiger partial charge in [0.15, 0.2) is 0 Å². The summed E-state index contributed by atoms with van der Waals surface area (Å²) in [4.78, 5) is 46.7. The molecule has 3 aliphatic rings. The highest BCUT2D eigenvalue weighted by molar-refractivity contribution is 6.39. The van der Waals surface area contributed by atoms with E-state index < -0.39 is 0 Å². The zero-order chi connectivity index (χ0) is 30.1. The normalized spacial score (nSPS) is 19.0. The van der Waals surface area contributed by atoms with Crippen LogP contribution >= 0.6 is 0 Å². The molecule has 0 saturated carbocycles. The molecule has 8 rings (SSSR count). The summed E-state index contributed by atoms with van der Waals surface area (Å²) in [5.74, 6) is -0.712. The van der Waals surface area contributed by atoms with Crippen molar-refractivity contribution in [1.29, 1.82) is 0 Å². The SMILES string of the molecule is CN(C)CCCN1CCN(C(=O)OC2CCn3c4ccccc4c4c5c(c6c7ccccc7n(c6c43)C2)C(=O)NC5=O)CC1. The van der Waals surface area contributed by atoms with E-state index in [1.165, 1.54) is 0 Å². The number of nitrogens with one attached hydrogen (secondary N) is 1. The Kier molecular flexibility index (Phi) is 6.39. The van der Waals surface area contributed by atoms with Crippen molar-refractivity contribution >= 4 is 61.5 Å². The van der Waals surface area contributed by atoms with E-state index in [1.54, 1.807) is 0 Å². The van der Waals surface area contributed by atoms with Gasteiger partial charge in [0.25, 0.3) is 11.8 Å². The molecular formula is C34H36N6O4. The number of rotatable bonds is 5. The smallest absolute Gasteiger partial charge is 0.410 e. The van der Waals surface area contributed by atoms with Crippen LogP contribution in [0.25, 0.3) is 43.6 Å². The van der Waals surface area contributed by atoms with Crippen LogP contribution in [0.5, 0.6) is 0 Å². The maximum atomic E-state index is 13.5. The Morgan fingerprint density at radius 1 is 0.841 bits per heavy atom. The first-order chi connectivity index (χ1) is 21.4. The van der Waals surface area contributed by atoms with Gasteiger partial charge in [0.05, 0.1) is 28.7 Å². The molecule has 2 aromatic heterocycles. The molecule has 1 unspecified atom stereocenters. The summed E-state index contributed by atoms with van der Waals surface area (Å²) in [6.45, 7) is 6.19. The predicted octanol–water partition coefficient (Wildman–Crippen LogP) is 4.26. The molecular weight excluding hydrogens is 556 g/mol. The number of fused-ring (bicyclic) bond motifs is 9. The molecule has 5 aromatic rings. The van der Waals surface area contributed by atoms with E-state index in [2.05, 4.69) is 44.4 Å². The van der Waals surface area contributed by atoms with Crippen molar-refractivity contribution in [2.75, 3.05) is 53.4 Å². The molecule has 226 valence electrons. The summed E-state index contributed by atoms with van der Waals surface area (Å²) >= 11 is 0. The van der Waals surface area contributed by atoms with Crippen molar-refractivity contribution in [3.63, 3.8) is 0 Å². The Hall–Kier alpha value is -4.41. The van der Waals surface area contributed by atoms with E-state index in [0.29, 0.717) is 43.7 Å². The molecule has 3 aromatic carbocycles. The molecule has 0 bridgehead atoms. The summed E-state index contributed by atoms with van der Waals surface area (Å²) < 4.78 is 10.8. The van der Waals surface area contributed by atoms with Crippen LogP contribution in [0.15, 0.2) is 48.5 Å². The lowest BCUT2D eigenvalue weighted by Gasteiger charge is -2.35. The van der Waals surface area contributed by atoms with Crippen LogP contribution in [0.4, 0.5) is 4.79 Å². The lowest BCUT2D eigenvalue weighted by atomic mass is 9.96. The number of aryl methyl sites for hydroxylation is 1. The number of nitrogens with zero attached hydrogens (tertiary/aromatic N) is 5. The third-order valence-corrected chi connectivity index (χ3v) is 9.64. The average molecular weight is 593 g/mol. The van der Waals surface area contributed by atoms with Gasteiger partial charge in [-0.15, -0.1) is 0 Å². The van der Waals surface area contributed by atoms with Crippen molar-refractivity contribution in [2.24, 2.45) is 0 Å². The molecule has 44 heavy (non-hydrogen) atoms. The van der Waals surface area contributed by atoms with Gasteiger partial charge in [-0.25, -0.2) is 4.79 Å². The van der Waals surface area contributed by atoms with Gasteiger partial charge < -0.3 is 23.7 Å². The van der Waals surface area contributed by atoms with Crippen LogP contribution in [0.3, 0.4) is 0 Å². The molecule has 1 saturated heterocycles. The van der Waals surface area contributed by atoms with Gasteiger partial charge in [-0.1, -0.05) is 36.4 Å². The molecule has 0 spiro atoms. The summed E-state index contributed by atoms with van der Waals surface area (Å²) in [5.41, 5.74) is 4.71. The predicted molar refractivity (Wildman–Crippen MR) is 170 cm³/mol. The average Bonchev–Trinajstić information content (AvgIpc) is 3.61. The fourth-order valence-corrected chi connectivity index (χ4v) is 7.61. The molecule has 1 atom stereocenters. The quantitative estimate of drug-likeness (QED) is 0.307. The second-order valence-corrected chi connectivity index (χ2v) is 12.6. The summed E-state index contributed by atoms with van der Waals surface area (Å²) in [6, 6.07) is 16.1. The molecule has 0 radical (unpaired) electrons. The van der Waals surface area contributed by atoms with E-state index in [0.717, 1.165) is 76.2 Å². The summed E-state index contributed by atoms with van der Waals surface area (Å²) in [6.07, 6.45) is 1.10. The molecule has 5 heterocycles. The van der Waals surface area contributed by atoms with E-state index in [1.807, 2.05) is 47.4 Å². The monoisotopic (exact) mass is 592 g/mol. The van der Waals surface area contributed by atoms with Crippen molar-refractivity contribution in [1.82, 2.24) is 29.2 Å². The number of para-hydroxylation sites is 2. The highest BCUT2D eigenvalue weighted by Gasteiger charge is 2.38. The number of hydrogen-bond acceptors (Lipinski definition) is 6. The second kappa shape index (κ2) is 10.3. The fraction of sp³-hybridized carbons (Fsp3) is 0.382. The number of aromatic nitrogens is 2. The number of piperazine rings is 1. The highest BCUT2D eigenvalue weighted by Crippen LogP contribution is 2.45. The van der Waals surface area contributed by atoms with Gasteiger partial charge in [0.2, 0.25) is 0 Å².